The van der Waals surface area contributed by atoms with Crippen LogP contribution in [0.1, 0.15) is 28.3 Å². The highest BCUT2D eigenvalue weighted by Gasteiger charge is 2.31. The predicted molar refractivity (Wildman–Crippen MR) is 81.9 cm³/mol. The molecule has 3 rings (SSSR count). The number of aliphatic hydroxyl groups is 1. The number of fused-ring (bicyclic) bond motifs is 1. The summed E-state index contributed by atoms with van der Waals surface area (Å²) in [6.45, 7) is 2.01. The maximum absolute atomic E-state index is 12.2. The van der Waals surface area contributed by atoms with Crippen molar-refractivity contribution in [3.05, 3.63) is 70.8 Å². The Bertz CT molecular complexity index is 666. The van der Waals surface area contributed by atoms with E-state index in [1.54, 1.807) is 0 Å². The molecule has 2 unspecified atom stereocenters. The van der Waals surface area contributed by atoms with Crippen molar-refractivity contribution in [2.45, 2.75) is 31.9 Å². The summed E-state index contributed by atoms with van der Waals surface area (Å²) in [6, 6.07) is 15.5. The number of hydrogen-bond donors (Lipinski definition) is 2. The lowest BCUT2D eigenvalue weighted by Gasteiger charge is -2.18. The molecule has 0 aromatic heterocycles. The van der Waals surface area contributed by atoms with E-state index in [0.29, 0.717) is 12.8 Å². The molecule has 3 nitrogen and oxygen atoms in total. The lowest BCUT2D eigenvalue weighted by Crippen LogP contribution is -2.34. The van der Waals surface area contributed by atoms with Gasteiger partial charge in [-0.15, -0.1) is 0 Å². The molecule has 0 bridgehead atoms. The summed E-state index contributed by atoms with van der Waals surface area (Å²) in [4.78, 5) is 12.2. The standard InChI is InChI=1S/C18H19NO2/c1-12-5-4-6-13(9-12)10-17(21)19-18-15-8-3-2-7-14(15)11-16(18)20/h2-9,16,18,20H,10-11H2,1H3,(H,19,21). The monoisotopic (exact) mass is 281 g/mol. The van der Waals surface area contributed by atoms with Crippen LogP contribution in [0.2, 0.25) is 0 Å². The SMILES string of the molecule is Cc1cccc(CC(=O)NC2c3ccccc3CC2O)c1. The van der Waals surface area contributed by atoms with Crippen LogP contribution in [0.4, 0.5) is 0 Å². The van der Waals surface area contributed by atoms with E-state index in [4.69, 9.17) is 0 Å². The Morgan fingerprint density at radius 3 is 2.86 bits per heavy atom. The molecule has 1 aliphatic rings. The van der Waals surface area contributed by atoms with Gasteiger partial charge in [-0.05, 0) is 23.6 Å². The van der Waals surface area contributed by atoms with Crippen molar-refractivity contribution in [1.82, 2.24) is 5.32 Å². The fourth-order valence-corrected chi connectivity index (χ4v) is 2.98. The van der Waals surface area contributed by atoms with Crippen LogP contribution < -0.4 is 5.32 Å². The van der Waals surface area contributed by atoms with Gasteiger partial charge in [0.2, 0.25) is 5.91 Å². The molecule has 21 heavy (non-hydrogen) atoms. The van der Waals surface area contributed by atoms with Crippen molar-refractivity contribution in [3.8, 4) is 0 Å². The van der Waals surface area contributed by atoms with Crippen molar-refractivity contribution in [2.75, 3.05) is 0 Å². The number of carbonyl (C=O) groups excluding carboxylic acids is 1. The zero-order chi connectivity index (χ0) is 14.8. The molecule has 0 spiro atoms. The molecule has 0 radical (unpaired) electrons. The fourth-order valence-electron chi connectivity index (χ4n) is 2.98. The minimum Gasteiger partial charge on any atom is -0.390 e. The minimum absolute atomic E-state index is 0.0543. The van der Waals surface area contributed by atoms with Gasteiger partial charge in [0.05, 0.1) is 18.6 Å². The molecule has 0 fully saturated rings. The molecule has 3 heteroatoms. The molecule has 2 atom stereocenters. The molecule has 2 N–H and O–H groups in total. The molecule has 0 saturated heterocycles. The Kier molecular flexibility index (Phi) is 3.76. The first kappa shape index (κ1) is 13.8. The van der Waals surface area contributed by atoms with Gasteiger partial charge in [0.1, 0.15) is 0 Å². The van der Waals surface area contributed by atoms with E-state index in [9.17, 15) is 9.90 Å². The number of hydrogen-bond acceptors (Lipinski definition) is 2. The van der Waals surface area contributed by atoms with Crippen molar-refractivity contribution < 1.29 is 9.90 Å². The van der Waals surface area contributed by atoms with E-state index in [2.05, 4.69) is 5.32 Å². The number of benzene rings is 2. The number of nitrogens with one attached hydrogen (secondary N) is 1. The van der Waals surface area contributed by atoms with Crippen molar-refractivity contribution in [1.29, 1.82) is 0 Å². The quantitative estimate of drug-likeness (QED) is 0.907. The zero-order valence-electron chi connectivity index (χ0n) is 12.0. The van der Waals surface area contributed by atoms with Gasteiger partial charge in [-0.25, -0.2) is 0 Å². The molecule has 0 heterocycles. The van der Waals surface area contributed by atoms with Gasteiger partial charge in [-0.3, -0.25) is 4.79 Å². The predicted octanol–water partition coefficient (Wildman–Crippen LogP) is 2.31. The molecule has 0 aliphatic heterocycles. The van der Waals surface area contributed by atoms with Gasteiger partial charge >= 0.3 is 0 Å². The van der Waals surface area contributed by atoms with Crippen LogP contribution in [0, 0.1) is 6.92 Å². The van der Waals surface area contributed by atoms with E-state index in [1.165, 1.54) is 0 Å². The highest BCUT2D eigenvalue weighted by molar-refractivity contribution is 5.79. The Labute approximate surface area is 124 Å². The van der Waals surface area contributed by atoms with Crippen LogP contribution in [-0.4, -0.2) is 17.1 Å². The largest absolute Gasteiger partial charge is 0.390 e. The number of aryl methyl sites for hydroxylation is 1. The molecular weight excluding hydrogens is 262 g/mol. The maximum atomic E-state index is 12.2. The Balaban J connectivity index is 1.70. The lowest BCUT2D eigenvalue weighted by atomic mass is 10.1. The average Bonchev–Trinajstić information content (AvgIpc) is 2.75. The molecule has 1 amide bonds. The zero-order valence-corrected chi connectivity index (χ0v) is 12.0. The fraction of sp³-hybridized carbons (Fsp3) is 0.278. The van der Waals surface area contributed by atoms with Gasteiger partial charge in [-0.1, -0.05) is 54.1 Å². The third-order valence-electron chi connectivity index (χ3n) is 3.97. The van der Waals surface area contributed by atoms with E-state index in [-0.39, 0.29) is 11.9 Å². The van der Waals surface area contributed by atoms with E-state index in [0.717, 1.165) is 22.3 Å². The van der Waals surface area contributed by atoms with Crippen molar-refractivity contribution in [3.63, 3.8) is 0 Å². The highest BCUT2D eigenvalue weighted by Crippen LogP contribution is 2.31. The summed E-state index contributed by atoms with van der Waals surface area (Å²) in [5.41, 5.74) is 4.29. The number of rotatable bonds is 3. The van der Waals surface area contributed by atoms with Gasteiger partial charge in [0.25, 0.3) is 0 Å². The van der Waals surface area contributed by atoms with Crippen LogP contribution in [-0.2, 0) is 17.6 Å². The summed E-state index contributed by atoms with van der Waals surface area (Å²) in [5.74, 6) is -0.0543. The molecule has 2 aromatic rings. The second-order valence-corrected chi connectivity index (χ2v) is 5.68. The Morgan fingerprint density at radius 1 is 1.24 bits per heavy atom. The molecule has 1 aliphatic carbocycles. The third kappa shape index (κ3) is 2.98. The number of aliphatic hydroxyl groups excluding tert-OH is 1. The van der Waals surface area contributed by atoms with Crippen molar-refractivity contribution in [2.24, 2.45) is 0 Å². The summed E-state index contributed by atoms with van der Waals surface area (Å²) < 4.78 is 0. The summed E-state index contributed by atoms with van der Waals surface area (Å²) in [6.07, 6.45) is 0.405. The van der Waals surface area contributed by atoms with Gasteiger partial charge in [0, 0.05) is 6.42 Å². The molecular formula is C18H19NO2. The van der Waals surface area contributed by atoms with Gasteiger partial charge in [-0.2, -0.15) is 0 Å². The summed E-state index contributed by atoms with van der Waals surface area (Å²) in [5, 5.41) is 13.1. The van der Waals surface area contributed by atoms with Crippen LogP contribution in [0.15, 0.2) is 48.5 Å². The molecule has 0 saturated carbocycles. The van der Waals surface area contributed by atoms with E-state index in [1.807, 2.05) is 55.5 Å². The van der Waals surface area contributed by atoms with Gasteiger partial charge in [0.15, 0.2) is 0 Å². The first-order valence-electron chi connectivity index (χ1n) is 7.24. The average molecular weight is 281 g/mol. The van der Waals surface area contributed by atoms with Crippen LogP contribution in [0.5, 0.6) is 0 Å². The second-order valence-electron chi connectivity index (χ2n) is 5.68. The Hall–Kier alpha value is -2.13. The topological polar surface area (TPSA) is 49.3 Å². The van der Waals surface area contributed by atoms with Crippen LogP contribution >= 0.6 is 0 Å². The smallest absolute Gasteiger partial charge is 0.224 e. The highest BCUT2D eigenvalue weighted by atomic mass is 16.3. The first-order valence-corrected chi connectivity index (χ1v) is 7.24. The molecule has 2 aromatic carbocycles. The normalized spacial score (nSPS) is 20.1. The lowest BCUT2D eigenvalue weighted by molar-refractivity contribution is -0.121. The van der Waals surface area contributed by atoms with Crippen molar-refractivity contribution >= 4 is 5.91 Å². The number of amides is 1. The Morgan fingerprint density at radius 2 is 2.05 bits per heavy atom. The van der Waals surface area contributed by atoms with Crippen LogP contribution in [0.25, 0.3) is 0 Å². The van der Waals surface area contributed by atoms with E-state index < -0.39 is 6.10 Å². The first-order chi connectivity index (χ1) is 10.1. The summed E-state index contributed by atoms with van der Waals surface area (Å²) in [7, 11) is 0. The molecule has 108 valence electrons. The van der Waals surface area contributed by atoms with E-state index >= 15 is 0 Å². The van der Waals surface area contributed by atoms with Crippen LogP contribution in [0.3, 0.4) is 0 Å². The minimum atomic E-state index is -0.538. The number of carbonyl (C=O) groups is 1. The second kappa shape index (κ2) is 5.70. The maximum Gasteiger partial charge on any atom is 0.224 e. The third-order valence-corrected chi connectivity index (χ3v) is 3.97. The summed E-state index contributed by atoms with van der Waals surface area (Å²) >= 11 is 0. The van der Waals surface area contributed by atoms with Gasteiger partial charge < -0.3 is 10.4 Å².